The number of nitrogens with one attached hydrogen (secondary N) is 1. The fraction of sp³-hybridized carbons (Fsp3) is 0.154. The number of carbonyl (C=O) groups is 2. The van der Waals surface area contributed by atoms with Crippen LogP contribution in [0.15, 0.2) is 27.4 Å². The molecule has 0 fully saturated rings. The molecule has 1 aromatic heterocycles. The average Bonchev–Trinajstić information content (AvgIpc) is 2.38. The minimum absolute atomic E-state index is 0.0342. The second kappa shape index (κ2) is 4.93. The number of rotatable bonds is 3. The van der Waals surface area contributed by atoms with Crippen LogP contribution < -0.4 is 10.9 Å². The van der Waals surface area contributed by atoms with Crippen molar-refractivity contribution in [2.24, 2.45) is 0 Å². The van der Waals surface area contributed by atoms with Crippen LogP contribution in [0.2, 0.25) is 0 Å². The fourth-order valence-electron chi connectivity index (χ4n) is 1.72. The zero-order valence-electron chi connectivity index (χ0n) is 10.1. The van der Waals surface area contributed by atoms with E-state index in [1.807, 2.05) is 0 Å². The van der Waals surface area contributed by atoms with Gasteiger partial charge in [-0.3, -0.25) is 9.59 Å². The van der Waals surface area contributed by atoms with Crippen LogP contribution in [0, 0.1) is 0 Å². The summed E-state index contributed by atoms with van der Waals surface area (Å²) in [6.45, 7) is 2.11. The van der Waals surface area contributed by atoms with Crippen LogP contribution in [-0.2, 0) is 0 Å². The Morgan fingerprint density at radius 1 is 1.47 bits per heavy atom. The molecule has 6 heteroatoms. The Labute approximate surface area is 107 Å². The molecule has 2 aromatic rings. The topological polar surface area (TPSA) is 96.6 Å². The largest absolute Gasteiger partial charge is 0.507 e. The number of benzene rings is 1. The van der Waals surface area contributed by atoms with Crippen molar-refractivity contribution in [3.8, 4) is 5.75 Å². The summed E-state index contributed by atoms with van der Waals surface area (Å²) >= 11 is 0. The van der Waals surface area contributed by atoms with Gasteiger partial charge in [-0.05, 0) is 25.1 Å². The van der Waals surface area contributed by atoms with E-state index in [2.05, 4.69) is 5.32 Å². The zero-order valence-corrected chi connectivity index (χ0v) is 10.1. The van der Waals surface area contributed by atoms with Crippen molar-refractivity contribution < 1.29 is 19.1 Å². The molecule has 1 heterocycles. The summed E-state index contributed by atoms with van der Waals surface area (Å²) in [6, 6.07) is 4.09. The monoisotopic (exact) mass is 261 g/mol. The first-order valence-electron chi connectivity index (χ1n) is 5.61. The lowest BCUT2D eigenvalue weighted by atomic mass is 10.1. The van der Waals surface area contributed by atoms with E-state index in [1.165, 1.54) is 18.2 Å². The minimum Gasteiger partial charge on any atom is -0.507 e. The summed E-state index contributed by atoms with van der Waals surface area (Å²) in [5.74, 6) is -0.824. The van der Waals surface area contributed by atoms with Crippen LogP contribution in [-0.4, -0.2) is 23.8 Å². The smallest absolute Gasteiger partial charge is 0.349 e. The second-order valence-corrected chi connectivity index (χ2v) is 3.84. The van der Waals surface area contributed by atoms with E-state index in [0.717, 1.165) is 0 Å². The van der Waals surface area contributed by atoms with Gasteiger partial charge in [0.05, 0.1) is 5.56 Å². The van der Waals surface area contributed by atoms with Crippen LogP contribution in [0.4, 0.5) is 0 Å². The molecule has 0 atom stereocenters. The molecule has 0 radical (unpaired) electrons. The van der Waals surface area contributed by atoms with Gasteiger partial charge >= 0.3 is 5.63 Å². The number of hydrogen-bond acceptors (Lipinski definition) is 5. The molecular weight excluding hydrogens is 250 g/mol. The van der Waals surface area contributed by atoms with Gasteiger partial charge in [0.25, 0.3) is 5.91 Å². The summed E-state index contributed by atoms with van der Waals surface area (Å²) in [5.41, 5.74) is -1.14. The van der Waals surface area contributed by atoms with Gasteiger partial charge in [0.2, 0.25) is 0 Å². The van der Waals surface area contributed by atoms with E-state index in [1.54, 1.807) is 6.92 Å². The highest BCUT2D eigenvalue weighted by Gasteiger charge is 2.16. The molecule has 0 unspecified atom stereocenters. The Kier molecular flexibility index (Phi) is 3.33. The molecule has 0 saturated heterocycles. The molecule has 2 N–H and O–H groups in total. The predicted molar refractivity (Wildman–Crippen MR) is 67.5 cm³/mol. The van der Waals surface area contributed by atoms with Gasteiger partial charge in [0.15, 0.2) is 11.9 Å². The van der Waals surface area contributed by atoms with E-state index in [0.29, 0.717) is 18.2 Å². The van der Waals surface area contributed by atoms with E-state index in [9.17, 15) is 19.5 Å². The van der Waals surface area contributed by atoms with Crippen molar-refractivity contribution in [2.75, 3.05) is 6.54 Å². The van der Waals surface area contributed by atoms with Gasteiger partial charge in [-0.25, -0.2) is 4.79 Å². The molecule has 0 aliphatic rings. The van der Waals surface area contributed by atoms with Gasteiger partial charge in [0, 0.05) is 11.9 Å². The first kappa shape index (κ1) is 12.8. The molecule has 19 heavy (non-hydrogen) atoms. The molecule has 1 amide bonds. The maximum atomic E-state index is 11.7. The van der Waals surface area contributed by atoms with E-state index < -0.39 is 11.5 Å². The van der Waals surface area contributed by atoms with E-state index in [-0.39, 0.29) is 22.5 Å². The molecular formula is C13H11NO5. The predicted octanol–water partition coefficient (Wildman–Crippen LogP) is 1.06. The number of hydrogen-bond donors (Lipinski definition) is 2. The highest BCUT2D eigenvalue weighted by atomic mass is 16.4. The summed E-state index contributed by atoms with van der Waals surface area (Å²) < 4.78 is 4.96. The molecule has 0 bridgehead atoms. The number of carbonyl (C=O) groups excluding carboxylic acids is 2. The summed E-state index contributed by atoms with van der Waals surface area (Å²) in [4.78, 5) is 34.2. The standard InChI is InChI=1S/C13H11NO5/c1-2-14-12(17)8-5-7-3-4-10(16)9(6-15)11(7)19-13(8)18/h3-6,16H,2H2,1H3,(H,14,17). The lowest BCUT2D eigenvalue weighted by molar-refractivity contribution is 0.0952. The molecule has 0 aliphatic heterocycles. The van der Waals surface area contributed by atoms with Crippen molar-refractivity contribution in [2.45, 2.75) is 6.92 Å². The summed E-state index contributed by atoms with van der Waals surface area (Å²) in [6.07, 6.45) is 0.395. The maximum absolute atomic E-state index is 11.7. The molecule has 0 spiro atoms. The highest BCUT2D eigenvalue weighted by molar-refractivity contribution is 6.01. The Balaban J connectivity index is 2.72. The van der Waals surface area contributed by atoms with E-state index >= 15 is 0 Å². The molecule has 0 saturated carbocycles. The van der Waals surface area contributed by atoms with Crippen molar-refractivity contribution in [1.29, 1.82) is 0 Å². The number of amides is 1. The van der Waals surface area contributed by atoms with Crippen LogP contribution in [0.1, 0.15) is 27.6 Å². The number of aldehydes is 1. The Bertz CT molecular complexity index is 717. The van der Waals surface area contributed by atoms with Crippen molar-refractivity contribution in [3.63, 3.8) is 0 Å². The third-order valence-electron chi connectivity index (χ3n) is 2.62. The number of aromatic hydroxyl groups is 1. The summed E-state index contributed by atoms with van der Waals surface area (Å²) in [5, 5.41) is 12.4. The summed E-state index contributed by atoms with van der Waals surface area (Å²) in [7, 11) is 0. The van der Waals surface area contributed by atoms with Crippen molar-refractivity contribution in [3.05, 3.63) is 39.7 Å². The molecule has 2 rings (SSSR count). The van der Waals surface area contributed by atoms with Crippen molar-refractivity contribution >= 4 is 23.2 Å². The Hall–Kier alpha value is -2.63. The third-order valence-corrected chi connectivity index (χ3v) is 2.62. The van der Waals surface area contributed by atoms with Gasteiger partial charge in [-0.15, -0.1) is 0 Å². The minimum atomic E-state index is -0.854. The zero-order chi connectivity index (χ0) is 14.0. The number of fused-ring (bicyclic) bond motifs is 1. The maximum Gasteiger partial charge on any atom is 0.349 e. The molecule has 1 aromatic carbocycles. The third kappa shape index (κ3) is 2.20. The fourth-order valence-corrected chi connectivity index (χ4v) is 1.72. The average molecular weight is 261 g/mol. The Morgan fingerprint density at radius 2 is 2.21 bits per heavy atom. The Morgan fingerprint density at radius 3 is 2.84 bits per heavy atom. The lowest BCUT2D eigenvalue weighted by Gasteiger charge is -2.05. The van der Waals surface area contributed by atoms with Gasteiger partial charge < -0.3 is 14.8 Å². The quantitative estimate of drug-likeness (QED) is 0.636. The van der Waals surface area contributed by atoms with Gasteiger partial charge in [-0.2, -0.15) is 0 Å². The van der Waals surface area contributed by atoms with Crippen LogP contribution in [0.5, 0.6) is 5.75 Å². The van der Waals surface area contributed by atoms with E-state index in [4.69, 9.17) is 4.42 Å². The van der Waals surface area contributed by atoms with Crippen LogP contribution in [0.3, 0.4) is 0 Å². The number of phenolic OH excluding ortho intramolecular Hbond substituents is 1. The van der Waals surface area contributed by atoms with Crippen LogP contribution >= 0.6 is 0 Å². The van der Waals surface area contributed by atoms with Gasteiger partial charge in [0.1, 0.15) is 11.3 Å². The van der Waals surface area contributed by atoms with Gasteiger partial charge in [-0.1, -0.05) is 0 Å². The normalized spacial score (nSPS) is 10.4. The molecule has 98 valence electrons. The first-order valence-corrected chi connectivity index (χ1v) is 5.61. The van der Waals surface area contributed by atoms with Crippen molar-refractivity contribution in [1.82, 2.24) is 5.32 Å². The highest BCUT2D eigenvalue weighted by Crippen LogP contribution is 2.25. The second-order valence-electron chi connectivity index (χ2n) is 3.84. The van der Waals surface area contributed by atoms with Crippen LogP contribution in [0.25, 0.3) is 11.0 Å². The molecule has 0 aliphatic carbocycles. The first-order chi connectivity index (χ1) is 9.08. The lowest BCUT2D eigenvalue weighted by Crippen LogP contribution is -2.27. The SMILES string of the molecule is CCNC(=O)c1cc2ccc(O)c(C=O)c2oc1=O. The molecule has 6 nitrogen and oxygen atoms in total. The number of phenols is 1.